The number of esters is 1. The van der Waals surface area contributed by atoms with Gasteiger partial charge in [-0.2, -0.15) is 4.98 Å². The molecule has 1 saturated carbocycles. The minimum Gasteiger partial charge on any atom is -0.458 e. The molecule has 3 heterocycles. The van der Waals surface area contributed by atoms with Gasteiger partial charge in [-0.1, -0.05) is 11.6 Å². The van der Waals surface area contributed by atoms with Gasteiger partial charge in [0.05, 0.1) is 18.9 Å². The number of pyridine rings is 1. The van der Waals surface area contributed by atoms with E-state index in [9.17, 15) is 9.59 Å². The van der Waals surface area contributed by atoms with Crippen LogP contribution in [-0.2, 0) is 20.9 Å². The summed E-state index contributed by atoms with van der Waals surface area (Å²) in [4.78, 5) is 32.8. The summed E-state index contributed by atoms with van der Waals surface area (Å²) >= 11 is 0. The summed E-state index contributed by atoms with van der Waals surface area (Å²) in [7, 11) is 0. The second-order valence-electron chi connectivity index (χ2n) is 6.83. The first kappa shape index (κ1) is 16.7. The fourth-order valence-electron chi connectivity index (χ4n) is 3.85. The summed E-state index contributed by atoms with van der Waals surface area (Å²) in [6, 6.07) is 3.61. The van der Waals surface area contributed by atoms with Crippen molar-refractivity contribution < 1.29 is 18.8 Å². The summed E-state index contributed by atoms with van der Waals surface area (Å²) in [5.41, 5.74) is 0.111. The smallest absolute Gasteiger partial charge is 0.307 e. The Morgan fingerprint density at radius 3 is 2.92 bits per heavy atom. The van der Waals surface area contributed by atoms with E-state index in [1.807, 2.05) is 6.07 Å². The highest BCUT2D eigenvalue weighted by molar-refractivity contribution is 5.87. The molecular formula is C18H20N4O4. The summed E-state index contributed by atoms with van der Waals surface area (Å²) < 4.78 is 10.8. The molecule has 1 aliphatic heterocycles. The van der Waals surface area contributed by atoms with Crippen LogP contribution in [0.2, 0.25) is 0 Å². The molecular weight excluding hydrogens is 336 g/mol. The van der Waals surface area contributed by atoms with Crippen molar-refractivity contribution in [2.45, 2.75) is 50.7 Å². The summed E-state index contributed by atoms with van der Waals surface area (Å²) in [5, 5.41) is 6.72. The molecule has 1 spiro atoms. The highest BCUT2D eigenvalue weighted by Crippen LogP contribution is 2.44. The van der Waals surface area contributed by atoms with E-state index in [-0.39, 0.29) is 24.8 Å². The Hall–Kier alpha value is -2.77. The van der Waals surface area contributed by atoms with Crippen molar-refractivity contribution in [3.05, 3.63) is 30.4 Å². The predicted molar refractivity (Wildman–Crippen MR) is 89.4 cm³/mol. The lowest BCUT2D eigenvalue weighted by atomic mass is 9.75. The van der Waals surface area contributed by atoms with Crippen molar-refractivity contribution in [2.75, 3.05) is 0 Å². The van der Waals surface area contributed by atoms with Gasteiger partial charge in [0.1, 0.15) is 5.60 Å². The monoisotopic (exact) mass is 356 g/mol. The molecule has 2 aromatic rings. The minimum absolute atomic E-state index is 0.118. The molecule has 1 saturated heterocycles. The van der Waals surface area contributed by atoms with Crippen molar-refractivity contribution in [1.29, 1.82) is 0 Å². The van der Waals surface area contributed by atoms with Gasteiger partial charge in [0.15, 0.2) is 0 Å². The van der Waals surface area contributed by atoms with Crippen molar-refractivity contribution in [3.8, 4) is 11.4 Å². The number of rotatable bonds is 4. The van der Waals surface area contributed by atoms with E-state index in [0.29, 0.717) is 11.7 Å². The van der Waals surface area contributed by atoms with Gasteiger partial charge in [-0.15, -0.1) is 0 Å². The van der Waals surface area contributed by atoms with Crippen molar-refractivity contribution in [1.82, 2.24) is 20.4 Å². The van der Waals surface area contributed by atoms with E-state index in [1.54, 1.807) is 18.5 Å². The number of carbonyl (C=O) groups is 2. The number of nitrogens with zero attached hydrogens (tertiary/aromatic N) is 3. The Labute approximate surface area is 150 Å². The Balaban J connectivity index is 1.41. The molecule has 0 unspecified atom stereocenters. The number of hydrogen-bond donors (Lipinski definition) is 1. The van der Waals surface area contributed by atoms with E-state index in [2.05, 4.69) is 20.4 Å². The molecule has 0 radical (unpaired) electrons. The molecule has 4 rings (SSSR count). The van der Waals surface area contributed by atoms with E-state index < -0.39 is 11.5 Å². The van der Waals surface area contributed by atoms with Crippen LogP contribution < -0.4 is 5.32 Å². The van der Waals surface area contributed by atoms with Crippen LogP contribution >= 0.6 is 0 Å². The van der Waals surface area contributed by atoms with Crippen LogP contribution in [0.15, 0.2) is 29.0 Å². The SMILES string of the molecule is O=C1C[C@@H](C(=O)NCc2nc(-c3cccnc3)no2)C2(CCCCC2)O1. The standard InChI is InChI=1S/C18H20N4O4/c23-15-9-13(18(25-15)6-2-1-3-7-18)17(24)20-11-14-21-16(22-26-14)12-5-4-8-19-10-12/h4-5,8,10,13H,1-3,6-7,9,11H2,(H,20,24)/t13-/m0/s1. The normalized spacial score (nSPS) is 21.5. The third-order valence-electron chi connectivity index (χ3n) is 5.14. The first-order valence-electron chi connectivity index (χ1n) is 8.89. The highest BCUT2D eigenvalue weighted by Gasteiger charge is 2.52. The highest BCUT2D eigenvalue weighted by atomic mass is 16.6. The van der Waals surface area contributed by atoms with Gasteiger partial charge in [0, 0.05) is 18.0 Å². The van der Waals surface area contributed by atoms with Gasteiger partial charge >= 0.3 is 5.97 Å². The third-order valence-corrected chi connectivity index (χ3v) is 5.14. The fraction of sp³-hybridized carbons (Fsp3) is 0.500. The zero-order valence-corrected chi connectivity index (χ0v) is 14.3. The van der Waals surface area contributed by atoms with Gasteiger partial charge < -0.3 is 14.6 Å². The number of ether oxygens (including phenoxy) is 1. The Kier molecular flexibility index (Phi) is 4.40. The maximum absolute atomic E-state index is 12.7. The second-order valence-corrected chi connectivity index (χ2v) is 6.83. The first-order valence-corrected chi connectivity index (χ1v) is 8.89. The van der Waals surface area contributed by atoms with Gasteiger partial charge in [-0.25, -0.2) is 0 Å². The largest absolute Gasteiger partial charge is 0.458 e. The quantitative estimate of drug-likeness (QED) is 0.835. The minimum atomic E-state index is -0.630. The molecule has 8 nitrogen and oxygen atoms in total. The summed E-state index contributed by atoms with van der Waals surface area (Å²) in [5.74, 6) is -0.204. The molecule has 0 bridgehead atoms. The van der Waals surface area contributed by atoms with Gasteiger partial charge in [-0.3, -0.25) is 14.6 Å². The van der Waals surface area contributed by atoms with Crippen LogP contribution in [0.25, 0.3) is 11.4 Å². The van der Waals surface area contributed by atoms with E-state index >= 15 is 0 Å². The summed E-state index contributed by atoms with van der Waals surface area (Å²) in [6.07, 6.45) is 8.02. The van der Waals surface area contributed by atoms with Crippen LogP contribution in [0.1, 0.15) is 44.4 Å². The van der Waals surface area contributed by atoms with Gasteiger partial charge in [-0.05, 0) is 37.8 Å². The average molecular weight is 356 g/mol. The topological polar surface area (TPSA) is 107 Å². The van der Waals surface area contributed by atoms with E-state index in [1.165, 1.54) is 0 Å². The Bertz CT molecular complexity index is 799. The molecule has 136 valence electrons. The molecule has 0 aromatic carbocycles. The molecule has 1 amide bonds. The second kappa shape index (κ2) is 6.86. The van der Waals surface area contributed by atoms with Crippen molar-refractivity contribution >= 4 is 11.9 Å². The fourth-order valence-corrected chi connectivity index (χ4v) is 3.85. The van der Waals surface area contributed by atoms with Crippen LogP contribution in [0.3, 0.4) is 0 Å². The molecule has 26 heavy (non-hydrogen) atoms. The number of hydrogen-bond acceptors (Lipinski definition) is 7. The van der Waals surface area contributed by atoms with Crippen LogP contribution in [0.5, 0.6) is 0 Å². The lowest BCUT2D eigenvalue weighted by Gasteiger charge is -2.35. The Morgan fingerprint density at radius 1 is 1.31 bits per heavy atom. The molecule has 1 aliphatic carbocycles. The first-order chi connectivity index (χ1) is 12.7. The zero-order chi connectivity index (χ0) is 18.0. The number of nitrogens with one attached hydrogen (secondary N) is 1. The number of amides is 1. The van der Waals surface area contributed by atoms with Crippen molar-refractivity contribution in [2.24, 2.45) is 5.92 Å². The molecule has 2 aliphatic rings. The van der Waals surface area contributed by atoms with Crippen LogP contribution in [-0.4, -0.2) is 32.6 Å². The van der Waals surface area contributed by atoms with E-state index in [4.69, 9.17) is 9.26 Å². The van der Waals surface area contributed by atoms with Gasteiger partial charge in [0.2, 0.25) is 17.6 Å². The average Bonchev–Trinajstić information content (AvgIpc) is 3.26. The van der Waals surface area contributed by atoms with Crippen LogP contribution in [0.4, 0.5) is 0 Å². The molecule has 1 atom stereocenters. The van der Waals surface area contributed by atoms with Gasteiger partial charge in [0.25, 0.3) is 0 Å². The summed E-state index contributed by atoms with van der Waals surface area (Å²) in [6.45, 7) is 0.118. The maximum Gasteiger partial charge on any atom is 0.307 e. The molecule has 8 heteroatoms. The molecule has 2 fully saturated rings. The van der Waals surface area contributed by atoms with Crippen molar-refractivity contribution in [3.63, 3.8) is 0 Å². The lowest BCUT2D eigenvalue weighted by molar-refractivity contribution is -0.153. The number of carbonyl (C=O) groups excluding carboxylic acids is 2. The van der Waals surface area contributed by atoms with Crippen LogP contribution in [0, 0.1) is 5.92 Å². The predicted octanol–water partition coefficient (Wildman–Crippen LogP) is 2.01. The molecule has 1 N–H and O–H groups in total. The zero-order valence-electron chi connectivity index (χ0n) is 14.3. The van der Waals surface area contributed by atoms with E-state index in [0.717, 1.165) is 37.7 Å². The molecule has 2 aromatic heterocycles. The Morgan fingerprint density at radius 2 is 2.15 bits per heavy atom. The third kappa shape index (κ3) is 3.18. The lowest BCUT2D eigenvalue weighted by Crippen LogP contribution is -2.45. The maximum atomic E-state index is 12.7. The number of aromatic nitrogens is 3.